The minimum atomic E-state index is -4.67. The van der Waals surface area contributed by atoms with Crippen molar-refractivity contribution in [3.05, 3.63) is 77.3 Å². The van der Waals surface area contributed by atoms with Crippen molar-refractivity contribution in [2.24, 2.45) is 0 Å². The lowest BCUT2D eigenvalue weighted by atomic mass is 10.1. The predicted molar refractivity (Wildman–Crippen MR) is 131 cm³/mol. The van der Waals surface area contributed by atoms with Crippen LogP contribution in [-0.4, -0.2) is 44.4 Å². The molecule has 38 heavy (non-hydrogen) atoms. The maximum atomic E-state index is 13.4. The predicted octanol–water partition coefficient (Wildman–Crippen LogP) is 5.53. The number of carbonyl (C=O) groups is 1. The van der Waals surface area contributed by atoms with Gasteiger partial charge in [0.2, 0.25) is 5.95 Å². The van der Waals surface area contributed by atoms with Crippen molar-refractivity contribution in [3.63, 3.8) is 0 Å². The molecule has 3 aromatic heterocycles. The monoisotopic (exact) mass is 523 g/mol. The van der Waals surface area contributed by atoms with E-state index in [0.717, 1.165) is 10.7 Å². The lowest BCUT2D eigenvalue weighted by Crippen LogP contribution is -2.11. The Balaban J connectivity index is 1.85. The first-order valence-corrected chi connectivity index (χ1v) is 11.1. The summed E-state index contributed by atoms with van der Waals surface area (Å²) in [5, 5.41) is 6.68. The lowest BCUT2D eigenvalue weighted by Gasteiger charge is -2.14. The lowest BCUT2D eigenvalue weighted by molar-refractivity contribution is -0.141. The van der Waals surface area contributed by atoms with Gasteiger partial charge in [-0.15, -0.1) is 0 Å². The first kappa shape index (κ1) is 26.1. The second kappa shape index (κ2) is 10.6. The van der Waals surface area contributed by atoms with Gasteiger partial charge in [0.25, 0.3) is 0 Å². The third kappa shape index (κ3) is 5.54. The van der Waals surface area contributed by atoms with E-state index < -0.39 is 17.8 Å². The number of aromatic nitrogens is 5. The molecule has 0 aliphatic heterocycles. The van der Waals surface area contributed by atoms with Crippen molar-refractivity contribution in [2.45, 2.75) is 20.0 Å². The number of nitrogens with one attached hydrogen (secondary N) is 1. The standard InChI is InChI=1S/C25H20F3N7O3/c1-5-38-23(36)16-7-15(11-30-12-16)20-13-31-24(32-18-8-17(29-3)9-19(10-18)37-4)33-22(20)35-14(2)6-21(34-35)25(26,27)28/h6-13H,5H2,1-2,4H3,(H,31,32,33). The minimum Gasteiger partial charge on any atom is -0.498 e. The van der Waals surface area contributed by atoms with Crippen LogP contribution in [-0.2, 0) is 10.9 Å². The molecule has 0 radical (unpaired) electrons. The van der Waals surface area contributed by atoms with Crippen LogP contribution in [0.15, 0.2) is 48.9 Å². The highest BCUT2D eigenvalue weighted by Crippen LogP contribution is 2.33. The smallest absolute Gasteiger partial charge is 0.435 e. The number of methoxy groups -OCH3 is 1. The molecule has 0 amide bonds. The number of halogens is 3. The number of nitrogens with zero attached hydrogens (tertiary/aromatic N) is 6. The van der Waals surface area contributed by atoms with Crippen LogP contribution >= 0.6 is 0 Å². The molecule has 0 saturated heterocycles. The molecule has 0 aliphatic carbocycles. The van der Waals surface area contributed by atoms with Crippen LogP contribution in [0.25, 0.3) is 21.8 Å². The van der Waals surface area contributed by atoms with Gasteiger partial charge in [-0.2, -0.15) is 23.3 Å². The van der Waals surface area contributed by atoms with Crippen LogP contribution in [0.5, 0.6) is 5.75 Å². The molecule has 1 N–H and O–H groups in total. The molecule has 1 aromatic carbocycles. The summed E-state index contributed by atoms with van der Waals surface area (Å²) in [5.74, 6) is -0.166. The van der Waals surface area contributed by atoms with Crippen molar-refractivity contribution < 1.29 is 27.4 Å². The Morgan fingerprint density at radius 2 is 1.95 bits per heavy atom. The summed E-state index contributed by atoms with van der Waals surface area (Å²) in [6, 6.07) is 7.08. The fourth-order valence-electron chi connectivity index (χ4n) is 3.51. The Morgan fingerprint density at radius 1 is 1.16 bits per heavy atom. The Hall–Kier alpha value is -4.99. The van der Waals surface area contributed by atoms with E-state index in [9.17, 15) is 18.0 Å². The quantitative estimate of drug-likeness (QED) is 0.249. The molecular weight excluding hydrogens is 503 g/mol. The van der Waals surface area contributed by atoms with Crippen LogP contribution in [0.3, 0.4) is 0 Å². The van der Waals surface area contributed by atoms with E-state index in [1.165, 1.54) is 38.7 Å². The molecule has 3 heterocycles. The summed E-state index contributed by atoms with van der Waals surface area (Å²) in [6.07, 6.45) is -0.560. The number of carbonyl (C=O) groups excluding carboxylic acids is 1. The van der Waals surface area contributed by atoms with E-state index in [-0.39, 0.29) is 35.2 Å². The summed E-state index contributed by atoms with van der Waals surface area (Å²) in [5.41, 5.74) is 0.556. The van der Waals surface area contributed by atoms with Crippen LogP contribution in [0, 0.1) is 13.5 Å². The zero-order valence-corrected chi connectivity index (χ0v) is 20.4. The van der Waals surface area contributed by atoms with Gasteiger partial charge in [-0.3, -0.25) is 4.98 Å². The van der Waals surface area contributed by atoms with Gasteiger partial charge in [-0.05, 0) is 38.1 Å². The third-order valence-corrected chi connectivity index (χ3v) is 5.22. The molecule has 10 nitrogen and oxygen atoms in total. The van der Waals surface area contributed by atoms with Crippen LogP contribution < -0.4 is 10.1 Å². The molecule has 0 saturated carbocycles. The first-order valence-electron chi connectivity index (χ1n) is 11.1. The van der Waals surface area contributed by atoms with Crippen molar-refractivity contribution in [1.82, 2.24) is 24.7 Å². The minimum absolute atomic E-state index is 0.00612. The van der Waals surface area contributed by atoms with Gasteiger partial charge in [0.05, 0.1) is 25.9 Å². The Bertz CT molecular complexity index is 1540. The zero-order chi connectivity index (χ0) is 27.4. The number of hydrogen-bond acceptors (Lipinski definition) is 8. The van der Waals surface area contributed by atoms with Gasteiger partial charge in [-0.1, -0.05) is 0 Å². The van der Waals surface area contributed by atoms with Gasteiger partial charge in [-0.25, -0.2) is 19.3 Å². The second-order valence-electron chi connectivity index (χ2n) is 7.85. The van der Waals surface area contributed by atoms with Gasteiger partial charge >= 0.3 is 12.1 Å². The van der Waals surface area contributed by atoms with E-state index >= 15 is 0 Å². The van der Waals surface area contributed by atoms with Crippen LogP contribution in [0.1, 0.15) is 28.7 Å². The van der Waals surface area contributed by atoms with Crippen molar-refractivity contribution in [1.29, 1.82) is 0 Å². The number of pyridine rings is 1. The Kier molecular flexibility index (Phi) is 7.24. The maximum Gasteiger partial charge on any atom is 0.435 e. The van der Waals surface area contributed by atoms with Gasteiger partial charge in [0.15, 0.2) is 17.2 Å². The summed E-state index contributed by atoms with van der Waals surface area (Å²) < 4.78 is 51.6. The Morgan fingerprint density at radius 3 is 2.61 bits per heavy atom. The summed E-state index contributed by atoms with van der Waals surface area (Å²) in [6.45, 7) is 10.6. The molecule has 13 heteroatoms. The van der Waals surface area contributed by atoms with Gasteiger partial charge in [0.1, 0.15) is 5.75 Å². The number of alkyl halides is 3. The van der Waals surface area contributed by atoms with Crippen molar-refractivity contribution in [3.8, 4) is 22.7 Å². The van der Waals surface area contributed by atoms with E-state index in [0.29, 0.717) is 22.7 Å². The van der Waals surface area contributed by atoms with Crippen LogP contribution in [0.4, 0.5) is 30.5 Å². The number of benzene rings is 1. The summed E-state index contributed by atoms with van der Waals surface area (Å²) >= 11 is 0. The number of hydrogen-bond donors (Lipinski definition) is 1. The topological polar surface area (TPSA) is 108 Å². The molecule has 0 aliphatic rings. The highest BCUT2D eigenvalue weighted by atomic mass is 19.4. The van der Waals surface area contributed by atoms with Crippen molar-refractivity contribution >= 4 is 23.3 Å². The highest BCUT2D eigenvalue weighted by molar-refractivity contribution is 5.91. The number of esters is 1. The van der Waals surface area contributed by atoms with Gasteiger partial charge in [0, 0.05) is 47.2 Å². The van der Waals surface area contributed by atoms with E-state index in [4.69, 9.17) is 16.0 Å². The largest absolute Gasteiger partial charge is 0.498 e. The highest BCUT2D eigenvalue weighted by Gasteiger charge is 2.35. The zero-order valence-electron chi connectivity index (χ0n) is 20.4. The molecule has 4 rings (SSSR count). The summed E-state index contributed by atoms with van der Waals surface area (Å²) in [4.78, 5) is 28.4. The average Bonchev–Trinajstić information content (AvgIpc) is 3.30. The average molecular weight is 523 g/mol. The molecule has 0 atom stereocenters. The first-order chi connectivity index (χ1) is 18.1. The number of anilines is 2. The fourth-order valence-corrected chi connectivity index (χ4v) is 3.51. The molecule has 4 aromatic rings. The number of rotatable bonds is 7. The summed E-state index contributed by atoms with van der Waals surface area (Å²) in [7, 11) is 1.45. The fraction of sp³-hybridized carbons (Fsp3) is 0.200. The molecule has 0 bridgehead atoms. The van der Waals surface area contributed by atoms with Gasteiger partial charge < -0.3 is 14.8 Å². The van der Waals surface area contributed by atoms with E-state index in [1.54, 1.807) is 25.1 Å². The maximum absolute atomic E-state index is 13.4. The number of ether oxygens (including phenoxy) is 2. The molecule has 194 valence electrons. The normalized spacial score (nSPS) is 11.1. The Labute approximate surface area is 214 Å². The van der Waals surface area contributed by atoms with Crippen molar-refractivity contribution in [2.75, 3.05) is 19.0 Å². The number of aryl methyl sites for hydroxylation is 1. The molecule has 0 fully saturated rings. The van der Waals surface area contributed by atoms with E-state index in [1.807, 2.05) is 0 Å². The SMILES string of the molecule is [C-]#[N+]c1cc(Nc2ncc(-c3cncc(C(=O)OCC)c3)c(-n3nc(C(F)(F)F)cc3C)n2)cc(OC)c1. The second-order valence-corrected chi connectivity index (χ2v) is 7.85. The molecule has 0 spiro atoms. The third-order valence-electron chi connectivity index (χ3n) is 5.22. The molecular formula is C25H20F3N7O3. The van der Waals surface area contributed by atoms with Crippen LogP contribution in [0.2, 0.25) is 0 Å². The molecule has 0 unspecified atom stereocenters. The van der Waals surface area contributed by atoms with E-state index in [2.05, 4.69) is 30.2 Å².